The van der Waals surface area contributed by atoms with Gasteiger partial charge in [0, 0.05) is 22.4 Å². The molecule has 0 N–H and O–H groups in total. The van der Waals surface area contributed by atoms with Crippen molar-refractivity contribution in [1.82, 2.24) is 14.8 Å². The normalized spacial score (nSPS) is 16.9. The average Bonchev–Trinajstić information content (AvgIpc) is 3.70. The summed E-state index contributed by atoms with van der Waals surface area (Å²) in [5.74, 6) is -5.14. The van der Waals surface area contributed by atoms with Gasteiger partial charge in [0.05, 0.1) is 49.5 Å². The molecule has 0 spiro atoms. The molecule has 57 heavy (non-hydrogen) atoms. The van der Waals surface area contributed by atoms with Crippen LogP contribution in [0.4, 0.5) is 18.0 Å². The molecule has 1 fully saturated rings. The zero-order valence-corrected chi connectivity index (χ0v) is 31.2. The van der Waals surface area contributed by atoms with Crippen molar-refractivity contribution in [3.8, 4) is 6.07 Å². The van der Waals surface area contributed by atoms with Crippen molar-refractivity contribution in [2.75, 3.05) is 33.2 Å². The molecule has 15 nitrogen and oxygen atoms in total. The maximum atomic E-state index is 15.6. The van der Waals surface area contributed by atoms with Gasteiger partial charge in [-0.3, -0.25) is 9.59 Å². The molecule has 0 unspecified atom stereocenters. The molecule has 2 atom stereocenters. The smallest absolute Gasteiger partial charge is 0.459 e. The molecule has 1 aliphatic rings. The van der Waals surface area contributed by atoms with E-state index in [2.05, 4.69) is 21.4 Å². The Balaban J connectivity index is 1.39. The number of esters is 3. The van der Waals surface area contributed by atoms with Crippen molar-refractivity contribution >= 4 is 41.9 Å². The van der Waals surface area contributed by atoms with Crippen LogP contribution >= 0.6 is 11.8 Å². The lowest BCUT2D eigenvalue weighted by atomic mass is 9.89. The number of carbonyl (C=O) groups excluding carboxylic acids is 4. The van der Waals surface area contributed by atoms with E-state index in [1.54, 1.807) is 25.2 Å². The van der Waals surface area contributed by atoms with Gasteiger partial charge in [-0.2, -0.15) is 10.4 Å². The van der Waals surface area contributed by atoms with Crippen LogP contribution in [-0.2, 0) is 59.7 Å². The van der Waals surface area contributed by atoms with Gasteiger partial charge in [-0.15, -0.1) is 11.8 Å². The van der Waals surface area contributed by atoms with Crippen molar-refractivity contribution in [2.45, 2.75) is 48.7 Å². The van der Waals surface area contributed by atoms with E-state index in [-0.39, 0.29) is 43.1 Å². The summed E-state index contributed by atoms with van der Waals surface area (Å²) in [4.78, 5) is 52.6. The number of thioether (sulfide) groups is 1. The van der Waals surface area contributed by atoms with E-state index in [1.807, 2.05) is 6.07 Å². The first-order valence-electron chi connectivity index (χ1n) is 17.1. The third-order valence-corrected chi connectivity index (χ3v) is 9.34. The van der Waals surface area contributed by atoms with Crippen molar-refractivity contribution < 1.29 is 65.5 Å². The quantitative estimate of drug-likeness (QED) is 0.0498. The molecule has 1 aromatic heterocycles. The molecule has 0 saturated carbocycles. The van der Waals surface area contributed by atoms with E-state index >= 15 is 4.39 Å². The van der Waals surface area contributed by atoms with Crippen LogP contribution in [0.25, 0.3) is 6.08 Å². The standard InChI is InChI=1S/C38H37F3N4O11S/c1-3-14-50-35(48)20-51-33(46)12-13-34(47)54-24-55-37(49)56-38(21-45-23-43-22-44-45,30-11-10-28(39)16-32(30)41)25(2)57-29-18-52-36(53-19-29)7-5-4-6-27-9-8-26(17-42)15-31(27)40/h3-11,15-16,22-23,25,29,36H,1,12-14,18-21,24H2,2H3/b6-4+,7-5+/t25-,29?,36?,38-/m1/s1. The molecule has 4 rings (SSSR count). The highest BCUT2D eigenvalue weighted by Crippen LogP contribution is 2.42. The third kappa shape index (κ3) is 13.6. The number of rotatable bonds is 19. The molecule has 0 bridgehead atoms. The van der Waals surface area contributed by atoms with Crippen molar-refractivity contribution in [2.24, 2.45) is 0 Å². The first-order chi connectivity index (χ1) is 27.4. The number of carbonyl (C=O) groups is 4. The number of allylic oxidation sites excluding steroid dienone is 2. The zero-order valence-electron chi connectivity index (χ0n) is 30.4. The number of aromatic nitrogens is 3. The summed E-state index contributed by atoms with van der Waals surface area (Å²) in [6.07, 6.45) is 7.05. The van der Waals surface area contributed by atoms with E-state index in [0.717, 1.165) is 18.2 Å². The number of benzene rings is 2. The first-order valence-corrected chi connectivity index (χ1v) is 18.0. The maximum absolute atomic E-state index is 15.6. The lowest BCUT2D eigenvalue weighted by Gasteiger charge is -2.40. The second-order valence-electron chi connectivity index (χ2n) is 11.9. The average molecular weight is 815 g/mol. The minimum atomic E-state index is -1.95. The number of nitrogens with zero attached hydrogens (tertiary/aromatic N) is 4. The van der Waals surface area contributed by atoms with Gasteiger partial charge >= 0.3 is 24.1 Å². The topological polar surface area (TPSA) is 187 Å². The molecule has 0 amide bonds. The fourth-order valence-electron chi connectivity index (χ4n) is 5.13. The Kier molecular flexibility index (Phi) is 16.8. The van der Waals surface area contributed by atoms with Gasteiger partial charge in [0.15, 0.2) is 18.5 Å². The molecule has 0 radical (unpaired) electrons. The van der Waals surface area contributed by atoms with Gasteiger partial charge in [-0.05, 0) is 37.3 Å². The zero-order chi connectivity index (χ0) is 41.2. The highest BCUT2D eigenvalue weighted by atomic mass is 32.2. The van der Waals surface area contributed by atoms with Gasteiger partial charge in [0.2, 0.25) is 6.79 Å². The van der Waals surface area contributed by atoms with Crippen LogP contribution in [0.1, 0.15) is 36.5 Å². The second-order valence-corrected chi connectivity index (χ2v) is 13.5. The van der Waals surface area contributed by atoms with Crippen molar-refractivity contribution in [1.29, 1.82) is 5.26 Å². The van der Waals surface area contributed by atoms with Crippen molar-refractivity contribution in [3.05, 3.63) is 114 Å². The molecule has 302 valence electrons. The number of halogens is 3. The van der Waals surface area contributed by atoms with E-state index in [0.29, 0.717) is 6.07 Å². The summed E-state index contributed by atoms with van der Waals surface area (Å²) in [6.45, 7) is 3.27. The number of hydrogen-bond acceptors (Lipinski definition) is 15. The van der Waals surface area contributed by atoms with Gasteiger partial charge in [0.1, 0.15) is 36.7 Å². The predicted octanol–water partition coefficient (Wildman–Crippen LogP) is 5.30. The lowest BCUT2D eigenvalue weighted by molar-refractivity contribution is -0.161. The van der Waals surface area contributed by atoms with Gasteiger partial charge in [0.25, 0.3) is 0 Å². The van der Waals surface area contributed by atoms with Crippen LogP contribution < -0.4 is 0 Å². The Morgan fingerprint density at radius 2 is 1.77 bits per heavy atom. The monoisotopic (exact) mass is 814 g/mol. The second kappa shape index (κ2) is 21.9. The molecular formula is C38H37F3N4O11S. The lowest BCUT2D eigenvalue weighted by Crippen LogP contribution is -2.47. The molecule has 1 aliphatic heterocycles. The third-order valence-electron chi connectivity index (χ3n) is 7.89. The van der Waals surface area contributed by atoms with Gasteiger partial charge in [-0.1, -0.05) is 36.9 Å². The van der Waals surface area contributed by atoms with Crippen LogP contribution in [0.3, 0.4) is 0 Å². The predicted molar refractivity (Wildman–Crippen MR) is 194 cm³/mol. The molecule has 0 aliphatic carbocycles. The van der Waals surface area contributed by atoms with Gasteiger partial charge in [-0.25, -0.2) is 32.4 Å². The number of hydrogen-bond donors (Lipinski definition) is 0. The number of ether oxygens (including phenoxy) is 7. The Labute approximate surface area is 329 Å². The summed E-state index contributed by atoms with van der Waals surface area (Å²) in [7, 11) is 0. The summed E-state index contributed by atoms with van der Waals surface area (Å²) >= 11 is 1.21. The molecule has 2 heterocycles. The molecule has 1 saturated heterocycles. The molecule has 3 aromatic rings. The fraction of sp³-hybridized carbons (Fsp3) is 0.342. The summed E-state index contributed by atoms with van der Waals surface area (Å²) in [6, 6.07) is 8.72. The van der Waals surface area contributed by atoms with E-state index in [1.165, 1.54) is 53.4 Å². The highest BCUT2D eigenvalue weighted by molar-refractivity contribution is 8.00. The Morgan fingerprint density at radius 1 is 1.02 bits per heavy atom. The minimum Gasteiger partial charge on any atom is -0.459 e. The van der Waals surface area contributed by atoms with Crippen LogP contribution in [-0.4, -0.2) is 88.8 Å². The molecular weight excluding hydrogens is 777 g/mol. The van der Waals surface area contributed by atoms with Crippen molar-refractivity contribution in [3.63, 3.8) is 0 Å². The molecule has 19 heteroatoms. The minimum absolute atomic E-state index is 0.0679. The number of nitriles is 1. The highest BCUT2D eigenvalue weighted by Gasteiger charge is 2.47. The van der Waals surface area contributed by atoms with Crippen LogP contribution in [0.2, 0.25) is 0 Å². The summed E-state index contributed by atoms with van der Waals surface area (Å²) < 4.78 is 82.0. The Bertz CT molecular complexity index is 1970. The van der Waals surface area contributed by atoms with E-state index in [9.17, 15) is 28.0 Å². The fourth-order valence-corrected chi connectivity index (χ4v) is 6.49. The largest absolute Gasteiger partial charge is 0.512 e. The first kappa shape index (κ1) is 43.8. The molecule has 2 aromatic carbocycles. The summed E-state index contributed by atoms with van der Waals surface area (Å²) in [5, 5.41) is 11.8. The van der Waals surface area contributed by atoms with Crippen LogP contribution in [0.5, 0.6) is 0 Å². The van der Waals surface area contributed by atoms with Crippen LogP contribution in [0.15, 0.2) is 79.9 Å². The van der Waals surface area contributed by atoms with E-state index in [4.69, 9.17) is 33.7 Å². The maximum Gasteiger partial charge on any atom is 0.512 e. The summed E-state index contributed by atoms with van der Waals surface area (Å²) in [5.41, 5.74) is -1.70. The Hall–Kier alpha value is -5.97. The Morgan fingerprint density at radius 3 is 2.44 bits per heavy atom. The van der Waals surface area contributed by atoms with E-state index < -0.39 is 90.1 Å². The SMILES string of the molecule is C=CCOC(=O)COC(=O)CCC(=O)OCOC(=O)O[C@@](Cn1cncn1)(c1ccc(F)cc1F)[C@@H](C)SC1COC(/C=C/C=C/c2ccc(C#N)cc2F)OC1. The van der Waals surface area contributed by atoms with Gasteiger partial charge < -0.3 is 33.2 Å². The van der Waals surface area contributed by atoms with Crippen LogP contribution in [0, 0.1) is 28.8 Å².